The van der Waals surface area contributed by atoms with Crippen molar-refractivity contribution in [3.8, 4) is 11.3 Å². The number of amides is 2. The van der Waals surface area contributed by atoms with Gasteiger partial charge in [-0.3, -0.25) is 9.59 Å². The van der Waals surface area contributed by atoms with Crippen LogP contribution in [0.25, 0.3) is 11.3 Å². The third-order valence-electron chi connectivity index (χ3n) is 3.92. The number of aromatic nitrogens is 3. The van der Waals surface area contributed by atoms with Gasteiger partial charge >= 0.3 is 0 Å². The molecule has 0 saturated carbocycles. The summed E-state index contributed by atoms with van der Waals surface area (Å²) in [5.41, 5.74) is 7.96. The second-order valence-corrected chi connectivity index (χ2v) is 5.65. The first-order valence-electron chi connectivity index (χ1n) is 7.98. The SMILES string of the molecule is CCc1ccnc(NC(=O)c2ccc(-c3ncn(N)c3C(N)=O)cc2)c1. The van der Waals surface area contributed by atoms with Gasteiger partial charge in [0.2, 0.25) is 0 Å². The highest BCUT2D eigenvalue weighted by atomic mass is 16.2. The zero-order chi connectivity index (χ0) is 18.7. The number of primary amides is 1. The van der Waals surface area contributed by atoms with E-state index in [-0.39, 0.29) is 11.6 Å². The Hall–Kier alpha value is -3.68. The minimum absolute atomic E-state index is 0.0998. The van der Waals surface area contributed by atoms with Gasteiger partial charge in [0.15, 0.2) is 5.69 Å². The molecular weight excluding hydrogens is 332 g/mol. The fraction of sp³-hybridized carbons (Fsp3) is 0.111. The summed E-state index contributed by atoms with van der Waals surface area (Å²) in [5.74, 6) is 5.19. The summed E-state index contributed by atoms with van der Waals surface area (Å²) in [6.45, 7) is 2.03. The van der Waals surface area contributed by atoms with Crippen molar-refractivity contribution >= 4 is 17.6 Å². The van der Waals surface area contributed by atoms with Crippen molar-refractivity contribution in [3.05, 3.63) is 65.7 Å². The minimum atomic E-state index is -0.677. The van der Waals surface area contributed by atoms with E-state index in [2.05, 4.69) is 15.3 Å². The number of benzene rings is 1. The van der Waals surface area contributed by atoms with Crippen LogP contribution in [0.3, 0.4) is 0 Å². The second kappa shape index (κ2) is 7.06. The number of hydrogen-bond donors (Lipinski definition) is 3. The third kappa shape index (κ3) is 3.39. The van der Waals surface area contributed by atoms with Crippen LogP contribution in [-0.2, 0) is 6.42 Å². The van der Waals surface area contributed by atoms with Crippen LogP contribution in [0.5, 0.6) is 0 Å². The van der Waals surface area contributed by atoms with E-state index in [0.717, 1.165) is 16.7 Å². The molecule has 0 saturated heterocycles. The van der Waals surface area contributed by atoms with Crippen molar-refractivity contribution in [2.45, 2.75) is 13.3 Å². The average Bonchev–Trinajstić information content (AvgIpc) is 3.03. The maximum absolute atomic E-state index is 12.4. The topological polar surface area (TPSA) is 129 Å². The Morgan fingerprint density at radius 3 is 2.54 bits per heavy atom. The van der Waals surface area contributed by atoms with Crippen molar-refractivity contribution in [1.29, 1.82) is 0 Å². The summed E-state index contributed by atoms with van der Waals surface area (Å²) < 4.78 is 1.07. The Balaban J connectivity index is 1.81. The summed E-state index contributed by atoms with van der Waals surface area (Å²) in [5, 5.41) is 2.76. The summed E-state index contributed by atoms with van der Waals surface area (Å²) in [7, 11) is 0. The highest BCUT2D eigenvalue weighted by Crippen LogP contribution is 2.22. The molecule has 8 heteroatoms. The lowest BCUT2D eigenvalue weighted by Crippen LogP contribution is -2.21. The molecule has 3 rings (SSSR count). The Bertz CT molecular complexity index is 962. The van der Waals surface area contributed by atoms with Gasteiger partial charge in [0.1, 0.15) is 17.8 Å². The summed E-state index contributed by atoms with van der Waals surface area (Å²) in [6.07, 6.45) is 3.82. The lowest BCUT2D eigenvalue weighted by molar-refractivity contribution is 0.0991. The van der Waals surface area contributed by atoms with E-state index in [1.54, 1.807) is 30.5 Å². The number of pyridine rings is 1. The summed E-state index contributed by atoms with van der Waals surface area (Å²) in [6, 6.07) is 10.4. The number of aryl methyl sites for hydroxylation is 1. The molecule has 0 atom stereocenters. The molecule has 0 radical (unpaired) electrons. The molecule has 0 aliphatic heterocycles. The zero-order valence-corrected chi connectivity index (χ0v) is 14.1. The van der Waals surface area contributed by atoms with E-state index in [1.807, 2.05) is 19.1 Å². The third-order valence-corrected chi connectivity index (χ3v) is 3.92. The lowest BCUT2D eigenvalue weighted by atomic mass is 10.1. The van der Waals surface area contributed by atoms with Gasteiger partial charge in [0.05, 0.1) is 0 Å². The Labute approximate surface area is 149 Å². The molecule has 0 spiro atoms. The van der Waals surface area contributed by atoms with Crippen LogP contribution in [0.15, 0.2) is 48.9 Å². The second-order valence-electron chi connectivity index (χ2n) is 5.65. The summed E-state index contributed by atoms with van der Waals surface area (Å²) in [4.78, 5) is 32.1. The Morgan fingerprint density at radius 2 is 1.88 bits per heavy atom. The van der Waals surface area contributed by atoms with Crippen LogP contribution in [0.4, 0.5) is 5.82 Å². The van der Waals surface area contributed by atoms with Gasteiger partial charge in [-0.15, -0.1) is 0 Å². The first kappa shape index (κ1) is 17.2. The molecule has 132 valence electrons. The molecule has 1 aromatic carbocycles. The van der Waals surface area contributed by atoms with Crippen LogP contribution in [0.1, 0.15) is 33.3 Å². The number of rotatable bonds is 5. The van der Waals surface area contributed by atoms with Crippen LogP contribution in [-0.4, -0.2) is 26.5 Å². The van der Waals surface area contributed by atoms with Crippen molar-refractivity contribution < 1.29 is 9.59 Å². The predicted molar refractivity (Wildman–Crippen MR) is 97.9 cm³/mol. The van der Waals surface area contributed by atoms with Gasteiger partial charge in [-0.1, -0.05) is 19.1 Å². The van der Waals surface area contributed by atoms with Crippen LogP contribution >= 0.6 is 0 Å². The first-order chi connectivity index (χ1) is 12.5. The normalized spacial score (nSPS) is 10.5. The van der Waals surface area contributed by atoms with Gasteiger partial charge in [0, 0.05) is 17.3 Å². The number of carbonyl (C=O) groups is 2. The van der Waals surface area contributed by atoms with Crippen molar-refractivity contribution in [2.24, 2.45) is 5.73 Å². The van der Waals surface area contributed by atoms with E-state index in [1.165, 1.54) is 6.33 Å². The molecule has 0 bridgehead atoms. The number of nitrogens with one attached hydrogen (secondary N) is 1. The quantitative estimate of drug-likeness (QED) is 0.602. The van der Waals surface area contributed by atoms with Gasteiger partial charge in [-0.2, -0.15) is 0 Å². The fourth-order valence-electron chi connectivity index (χ4n) is 2.55. The maximum atomic E-state index is 12.4. The molecule has 2 heterocycles. The van der Waals surface area contributed by atoms with Crippen LogP contribution < -0.4 is 16.9 Å². The Morgan fingerprint density at radius 1 is 1.15 bits per heavy atom. The highest BCUT2D eigenvalue weighted by Gasteiger charge is 2.17. The smallest absolute Gasteiger partial charge is 0.269 e. The number of hydrogen-bond acceptors (Lipinski definition) is 5. The molecule has 0 unspecified atom stereocenters. The van der Waals surface area contributed by atoms with Gasteiger partial charge < -0.3 is 16.9 Å². The van der Waals surface area contributed by atoms with Gasteiger partial charge in [0.25, 0.3) is 11.8 Å². The van der Waals surface area contributed by atoms with Crippen molar-refractivity contribution in [2.75, 3.05) is 11.2 Å². The first-order valence-corrected chi connectivity index (χ1v) is 7.98. The number of imidazole rings is 1. The molecular formula is C18H18N6O2. The monoisotopic (exact) mass is 350 g/mol. The summed E-state index contributed by atoms with van der Waals surface area (Å²) >= 11 is 0. The molecule has 0 aliphatic carbocycles. The molecule has 5 N–H and O–H groups in total. The largest absolute Gasteiger partial charge is 0.364 e. The highest BCUT2D eigenvalue weighted by molar-refractivity contribution is 6.04. The molecule has 8 nitrogen and oxygen atoms in total. The van der Waals surface area contributed by atoms with Crippen molar-refractivity contribution in [3.63, 3.8) is 0 Å². The number of nitrogen functional groups attached to an aromatic ring is 1. The van der Waals surface area contributed by atoms with E-state index in [4.69, 9.17) is 11.6 Å². The number of carbonyl (C=O) groups excluding carboxylic acids is 2. The van der Waals surface area contributed by atoms with Crippen LogP contribution in [0, 0.1) is 0 Å². The predicted octanol–water partition coefficient (Wildman–Crippen LogP) is 1.57. The average molecular weight is 350 g/mol. The minimum Gasteiger partial charge on any atom is -0.364 e. The molecule has 2 amide bonds. The van der Waals surface area contributed by atoms with E-state index in [9.17, 15) is 9.59 Å². The lowest BCUT2D eigenvalue weighted by Gasteiger charge is -2.07. The number of nitrogens with two attached hydrogens (primary N) is 2. The van der Waals surface area contributed by atoms with E-state index in [0.29, 0.717) is 22.6 Å². The fourth-order valence-corrected chi connectivity index (χ4v) is 2.55. The van der Waals surface area contributed by atoms with Gasteiger partial charge in [-0.25, -0.2) is 14.6 Å². The van der Waals surface area contributed by atoms with E-state index < -0.39 is 5.91 Å². The molecule has 2 aromatic heterocycles. The van der Waals surface area contributed by atoms with E-state index >= 15 is 0 Å². The maximum Gasteiger partial charge on any atom is 0.269 e. The zero-order valence-electron chi connectivity index (χ0n) is 14.1. The van der Waals surface area contributed by atoms with Gasteiger partial charge in [-0.05, 0) is 36.2 Å². The number of nitrogens with zero attached hydrogens (tertiary/aromatic N) is 3. The van der Waals surface area contributed by atoms with Crippen LogP contribution in [0.2, 0.25) is 0 Å². The van der Waals surface area contributed by atoms with Crippen molar-refractivity contribution in [1.82, 2.24) is 14.6 Å². The molecule has 0 aliphatic rings. The molecule has 0 fully saturated rings. The number of anilines is 1. The Kier molecular flexibility index (Phi) is 4.66. The standard InChI is InChI=1S/C18H18N6O2/c1-2-11-7-8-21-14(9-11)23-18(26)13-5-3-12(4-6-13)15-16(17(19)25)24(20)10-22-15/h3-10H,2,20H2,1H3,(H2,19,25)(H,21,23,26). The molecule has 3 aromatic rings. The molecule has 26 heavy (non-hydrogen) atoms.